The van der Waals surface area contributed by atoms with Gasteiger partial charge in [0.15, 0.2) is 0 Å². The molecule has 0 bridgehead atoms. The molecule has 0 saturated heterocycles. The first-order valence-electron chi connectivity index (χ1n) is 8.99. The van der Waals surface area contributed by atoms with Crippen LogP contribution in [0, 0.1) is 35.5 Å². The van der Waals surface area contributed by atoms with Crippen LogP contribution in [0.3, 0.4) is 0 Å². The fourth-order valence-corrected chi connectivity index (χ4v) is 1.78. The van der Waals surface area contributed by atoms with Gasteiger partial charge in [-0.25, -0.2) is 8.78 Å². The lowest BCUT2D eigenvalue weighted by atomic mass is 9.93. The second-order valence-electron chi connectivity index (χ2n) is 5.86. The topological polar surface area (TPSA) is 20.2 Å². The molecule has 0 spiro atoms. The van der Waals surface area contributed by atoms with Crippen LogP contribution in [0.2, 0.25) is 0 Å². The van der Waals surface area contributed by atoms with Gasteiger partial charge in [0.05, 0.1) is 6.42 Å². The van der Waals surface area contributed by atoms with E-state index in [4.69, 9.17) is 0 Å². The third-order valence-electron chi connectivity index (χ3n) is 3.47. The Bertz CT molecular complexity index is 491. The largest absolute Gasteiger partial charge is 0.362 e. The van der Waals surface area contributed by atoms with E-state index in [1.54, 1.807) is 0 Å². The molecule has 0 aliphatic rings. The van der Waals surface area contributed by atoms with E-state index in [2.05, 4.69) is 35.5 Å². The van der Waals surface area contributed by atoms with Crippen molar-refractivity contribution in [3.63, 3.8) is 0 Å². The van der Waals surface area contributed by atoms with Crippen LogP contribution in [0.15, 0.2) is 0 Å². The number of unbranched alkanes of at least 4 members (excludes halogenated alkanes) is 6. The van der Waals surface area contributed by atoms with Gasteiger partial charge in [0.2, 0.25) is 0 Å². The van der Waals surface area contributed by atoms with Crippen LogP contribution in [0.25, 0.3) is 0 Å². The summed E-state index contributed by atoms with van der Waals surface area (Å²) < 4.78 is 28.9. The molecule has 1 nitrogen and oxygen atoms in total. The third-order valence-corrected chi connectivity index (χ3v) is 3.47. The van der Waals surface area contributed by atoms with E-state index in [0.717, 1.165) is 38.5 Å². The number of hydrogen-bond donors (Lipinski definition) is 1. The van der Waals surface area contributed by atoms with Crippen LogP contribution in [0.5, 0.6) is 0 Å². The van der Waals surface area contributed by atoms with Crippen molar-refractivity contribution in [1.82, 2.24) is 0 Å². The standard InChI is InChI=1S/C21H30F2O/c1-4-7-10-13-16-19-21(22,23)20(24,17-14-11-8-5-2)18-15-12-9-6-3/h24H,4-12,19H2,1-3H3. The van der Waals surface area contributed by atoms with Gasteiger partial charge in [0, 0.05) is 19.3 Å². The Balaban J connectivity index is 5.17. The predicted molar refractivity (Wildman–Crippen MR) is 96.4 cm³/mol. The lowest BCUT2D eigenvalue weighted by Gasteiger charge is -2.25. The maximum absolute atomic E-state index is 14.4. The van der Waals surface area contributed by atoms with Crippen LogP contribution < -0.4 is 0 Å². The van der Waals surface area contributed by atoms with Gasteiger partial charge in [-0.05, 0) is 31.1 Å². The van der Waals surface area contributed by atoms with Crippen LogP contribution in [0.1, 0.15) is 85.0 Å². The Hall–Kier alpha value is -1.50. The summed E-state index contributed by atoms with van der Waals surface area (Å²) in [6.45, 7) is 6.02. The normalized spacial score (nSPS) is 10.8. The number of hydrogen-bond acceptors (Lipinski definition) is 1. The molecule has 0 atom stereocenters. The minimum absolute atomic E-state index is 0.480. The van der Waals surface area contributed by atoms with Gasteiger partial charge in [-0.3, -0.25) is 0 Å². The van der Waals surface area contributed by atoms with Crippen molar-refractivity contribution in [2.75, 3.05) is 0 Å². The zero-order chi connectivity index (χ0) is 18.3. The summed E-state index contributed by atoms with van der Waals surface area (Å²) in [5.74, 6) is 11.7. The molecule has 0 aliphatic heterocycles. The van der Waals surface area contributed by atoms with Gasteiger partial charge >= 0.3 is 5.92 Å². The van der Waals surface area contributed by atoms with Gasteiger partial charge in [-0.15, -0.1) is 5.92 Å². The first-order chi connectivity index (χ1) is 11.4. The maximum atomic E-state index is 14.4. The predicted octanol–water partition coefficient (Wildman–Crippen LogP) is 5.32. The molecule has 24 heavy (non-hydrogen) atoms. The molecule has 0 radical (unpaired) electrons. The SMILES string of the molecule is CCCCC#CCC(F)(F)C(O)(C#CCCCC)C#CCCCC. The average molecular weight is 336 g/mol. The zero-order valence-corrected chi connectivity index (χ0v) is 15.3. The molecule has 0 aromatic carbocycles. The maximum Gasteiger partial charge on any atom is 0.309 e. The second kappa shape index (κ2) is 12.9. The fourth-order valence-electron chi connectivity index (χ4n) is 1.78. The quantitative estimate of drug-likeness (QED) is 0.469. The fraction of sp³-hybridized carbons (Fsp3) is 0.714. The van der Waals surface area contributed by atoms with Gasteiger partial charge in [0.1, 0.15) is 0 Å². The number of aliphatic hydroxyl groups is 1. The summed E-state index contributed by atoms with van der Waals surface area (Å²) in [6, 6.07) is 0. The molecule has 0 saturated carbocycles. The van der Waals surface area contributed by atoms with Crippen LogP contribution >= 0.6 is 0 Å². The van der Waals surface area contributed by atoms with Gasteiger partial charge in [-0.2, -0.15) is 0 Å². The molecule has 0 aliphatic carbocycles. The monoisotopic (exact) mass is 336 g/mol. The highest BCUT2D eigenvalue weighted by atomic mass is 19.3. The zero-order valence-electron chi connectivity index (χ0n) is 15.3. The van der Waals surface area contributed by atoms with Gasteiger partial charge < -0.3 is 5.11 Å². The van der Waals surface area contributed by atoms with Crippen molar-refractivity contribution >= 4 is 0 Å². The van der Waals surface area contributed by atoms with Crippen molar-refractivity contribution in [2.45, 2.75) is 96.5 Å². The number of rotatable bonds is 8. The molecule has 0 rings (SSSR count). The Morgan fingerprint density at radius 3 is 1.54 bits per heavy atom. The van der Waals surface area contributed by atoms with Crippen LogP contribution in [0.4, 0.5) is 8.78 Å². The van der Waals surface area contributed by atoms with Gasteiger partial charge in [-0.1, -0.05) is 57.8 Å². The molecule has 1 N–H and O–H groups in total. The summed E-state index contributed by atoms with van der Waals surface area (Å²) in [6.07, 6.45) is 6.17. The lowest BCUT2D eigenvalue weighted by Crippen LogP contribution is -2.45. The molecular formula is C21H30F2O. The van der Waals surface area contributed by atoms with Crippen molar-refractivity contribution in [3.8, 4) is 35.5 Å². The molecule has 0 fully saturated rings. The van der Waals surface area contributed by atoms with E-state index in [0.29, 0.717) is 19.3 Å². The minimum atomic E-state index is -3.47. The molecule has 0 amide bonds. The first kappa shape index (κ1) is 22.5. The van der Waals surface area contributed by atoms with Crippen LogP contribution in [-0.4, -0.2) is 16.6 Å². The molecule has 0 aromatic rings. The first-order valence-corrected chi connectivity index (χ1v) is 8.99. The summed E-state index contributed by atoms with van der Waals surface area (Å²) in [4.78, 5) is 0. The molecule has 3 heteroatoms. The van der Waals surface area contributed by atoms with E-state index in [1.165, 1.54) is 0 Å². The summed E-state index contributed by atoms with van der Waals surface area (Å²) >= 11 is 0. The molecular weight excluding hydrogens is 306 g/mol. The van der Waals surface area contributed by atoms with E-state index < -0.39 is 17.9 Å². The third kappa shape index (κ3) is 8.96. The van der Waals surface area contributed by atoms with E-state index in [9.17, 15) is 13.9 Å². The smallest absolute Gasteiger partial charge is 0.309 e. The van der Waals surface area contributed by atoms with Crippen molar-refractivity contribution in [2.24, 2.45) is 0 Å². The highest BCUT2D eigenvalue weighted by Crippen LogP contribution is 2.31. The molecule has 0 aromatic heterocycles. The highest BCUT2D eigenvalue weighted by molar-refractivity contribution is 5.35. The van der Waals surface area contributed by atoms with E-state index in [-0.39, 0.29) is 0 Å². The summed E-state index contributed by atoms with van der Waals surface area (Å²) in [7, 11) is 0. The average Bonchev–Trinajstić information content (AvgIpc) is 2.55. The highest BCUT2D eigenvalue weighted by Gasteiger charge is 2.50. The Morgan fingerprint density at radius 2 is 1.12 bits per heavy atom. The van der Waals surface area contributed by atoms with Crippen molar-refractivity contribution in [3.05, 3.63) is 0 Å². The number of halogens is 2. The number of alkyl halides is 2. The Kier molecular flexibility index (Phi) is 12.1. The molecule has 0 heterocycles. The second-order valence-corrected chi connectivity index (χ2v) is 5.86. The molecule has 0 unspecified atom stereocenters. The Morgan fingerprint density at radius 1 is 0.708 bits per heavy atom. The van der Waals surface area contributed by atoms with Crippen LogP contribution in [-0.2, 0) is 0 Å². The minimum Gasteiger partial charge on any atom is -0.362 e. The Labute approximate surface area is 146 Å². The van der Waals surface area contributed by atoms with Crippen molar-refractivity contribution in [1.29, 1.82) is 0 Å². The summed E-state index contributed by atoms with van der Waals surface area (Å²) in [5.41, 5.74) is -2.62. The lowest BCUT2D eigenvalue weighted by molar-refractivity contribution is -0.114. The van der Waals surface area contributed by atoms with E-state index in [1.807, 2.05) is 20.8 Å². The van der Waals surface area contributed by atoms with Gasteiger partial charge in [0.25, 0.3) is 5.60 Å². The summed E-state index contributed by atoms with van der Waals surface area (Å²) in [5, 5.41) is 10.4. The molecule has 134 valence electrons. The van der Waals surface area contributed by atoms with Crippen molar-refractivity contribution < 1.29 is 13.9 Å². The van der Waals surface area contributed by atoms with E-state index >= 15 is 0 Å².